The van der Waals surface area contributed by atoms with Crippen molar-refractivity contribution in [3.05, 3.63) is 206 Å². The fourth-order valence-corrected chi connectivity index (χ4v) is 7.22. The van der Waals surface area contributed by atoms with Crippen LogP contribution in [0.4, 0.5) is 0 Å². The molecule has 0 unspecified atom stereocenters. The molecule has 0 fully saturated rings. The predicted molar refractivity (Wildman–Crippen MR) is 231 cm³/mol. The SMILES string of the molecule is c1ccc(-c2cc(-c3ccccc3)cc(-c3nc(-c4ccc(-c5nc6ccccc6o5)cc4)nc(-c4cc(-c5ccccc5)cc(-c5ccccc5)c4)n3)c2)cc1. The van der Waals surface area contributed by atoms with Crippen molar-refractivity contribution in [1.29, 1.82) is 0 Å². The van der Waals surface area contributed by atoms with Gasteiger partial charge in [0.2, 0.25) is 5.89 Å². The van der Waals surface area contributed by atoms with Gasteiger partial charge in [-0.3, -0.25) is 0 Å². The van der Waals surface area contributed by atoms with Gasteiger partial charge < -0.3 is 4.42 Å². The highest BCUT2D eigenvalue weighted by atomic mass is 16.3. The van der Waals surface area contributed by atoms with E-state index in [1.807, 2.05) is 72.8 Å². The Morgan fingerprint density at radius 3 is 0.982 bits per heavy atom. The second kappa shape index (κ2) is 14.8. The van der Waals surface area contributed by atoms with Crippen LogP contribution in [0.15, 0.2) is 211 Å². The first-order valence-electron chi connectivity index (χ1n) is 19.0. The van der Waals surface area contributed by atoms with Crippen LogP contribution in [0.5, 0.6) is 0 Å². The van der Waals surface area contributed by atoms with E-state index in [-0.39, 0.29) is 0 Å². The van der Waals surface area contributed by atoms with E-state index >= 15 is 0 Å². The van der Waals surface area contributed by atoms with Crippen LogP contribution in [-0.2, 0) is 0 Å². The first-order chi connectivity index (χ1) is 28.2. The Bertz CT molecular complexity index is 2690. The van der Waals surface area contributed by atoms with Gasteiger partial charge in [0.15, 0.2) is 23.1 Å². The number of benzene rings is 8. The summed E-state index contributed by atoms with van der Waals surface area (Å²) in [5, 5.41) is 0. The van der Waals surface area contributed by atoms with Crippen LogP contribution < -0.4 is 0 Å². The molecule has 0 spiro atoms. The van der Waals surface area contributed by atoms with Crippen LogP contribution >= 0.6 is 0 Å². The molecule has 0 aliphatic heterocycles. The Morgan fingerprint density at radius 2 is 0.579 bits per heavy atom. The molecule has 0 saturated heterocycles. The first kappa shape index (κ1) is 33.8. The van der Waals surface area contributed by atoms with Crippen molar-refractivity contribution in [2.75, 3.05) is 0 Å². The maximum absolute atomic E-state index is 6.09. The molecule has 8 aromatic carbocycles. The molecule has 10 aromatic rings. The summed E-state index contributed by atoms with van der Waals surface area (Å²) < 4.78 is 6.09. The number of hydrogen-bond acceptors (Lipinski definition) is 5. The summed E-state index contributed by atoms with van der Waals surface area (Å²) in [5.41, 5.74) is 13.9. The third kappa shape index (κ3) is 7.02. The number of aromatic nitrogens is 4. The van der Waals surface area contributed by atoms with Gasteiger partial charge in [0, 0.05) is 22.3 Å². The van der Waals surface area contributed by atoms with E-state index in [1.54, 1.807) is 0 Å². The zero-order valence-corrected chi connectivity index (χ0v) is 30.8. The Morgan fingerprint density at radius 1 is 0.246 bits per heavy atom. The van der Waals surface area contributed by atoms with Crippen molar-refractivity contribution in [3.63, 3.8) is 0 Å². The average molecular weight is 731 g/mol. The Hall–Kier alpha value is -7.76. The second-order valence-corrected chi connectivity index (χ2v) is 13.9. The molecule has 0 radical (unpaired) electrons. The number of oxazole rings is 1. The minimum atomic E-state index is 0.567. The van der Waals surface area contributed by atoms with Crippen molar-refractivity contribution in [3.8, 4) is 90.1 Å². The molecular weight excluding hydrogens is 697 g/mol. The molecule has 0 aliphatic carbocycles. The third-order valence-electron chi connectivity index (χ3n) is 10.1. The maximum Gasteiger partial charge on any atom is 0.227 e. The molecule has 10 rings (SSSR count). The normalized spacial score (nSPS) is 11.2. The lowest BCUT2D eigenvalue weighted by Crippen LogP contribution is -2.01. The number of nitrogens with zero attached hydrogens (tertiary/aromatic N) is 4. The first-order valence-corrected chi connectivity index (χ1v) is 19.0. The molecule has 57 heavy (non-hydrogen) atoms. The van der Waals surface area contributed by atoms with Gasteiger partial charge in [-0.2, -0.15) is 0 Å². The molecule has 0 amide bonds. The fourth-order valence-electron chi connectivity index (χ4n) is 7.22. The number of fused-ring (bicyclic) bond motifs is 1. The van der Waals surface area contributed by atoms with E-state index in [4.69, 9.17) is 24.4 Å². The molecular formula is C52H34N4O. The molecule has 0 saturated carbocycles. The predicted octanol–water partition coefficient (Wildman–Crippen LogP) is 13.3. The van der Waals surface area contributed by atoms with Gasteiger partial charge in [0.25, 0.3) is 0 Å². The van der Waals surface area contributed by atoms with Crippen LogP contribution in [0.1, 0.15) is 0 Å². The molecule has 5 heteroatoms. The van der Waals surface area contributed by atoms with Gasteiger partial charge in [-0.25, -0.2) is 19.9 Å². The highest BCUT2D eigenvalue weighted by Gasteiger charge is 2.17. The zero-order chi connectivity index (χ0) is 38.0. The minimum absolute atomic E-state index is 0.567. The summed E-state index contributed by atoms with van der Waals surface area (Å²) in [6.45, 7) is 0. The standard InChI is InChI=1S/C52H34N4O/c1-5-15-35(16-6-1)41-29-42(36-17-7-2-8-18-36)32-45(31-41)50-54-49(39-25-27-40(28-26-39)52-53-47-23-13-14-24-48(47)57-52)55-51(56-50)46-33-43(37-19-9-3-10-20-37)30-44(34-46)38-21-11-4-12-22-38/h1-34H. The fraction of sp³-hybridized carbons (Fsp3) is 0. The van der Waals surface area contributed by atoms with Crippen LogP contribution in [0.3, 0.4) is 0 Å². The molecule has 5 nitrogen and oxygen atoms in total. The third-order valence-corrected chi connectivity index (χ3v) is 10.1. The molecule has 2 heterocycles. The largest absolute Gasteiger partial charge is 0.436 e. The van der Waals surface area contributed by atoms with E-state index in [9.17, 15) is 0 Å². The lowest BCUT2D eigenvalue weighted by molar-refractivity contribution is 0.620. The van der Waals surface area contributed by atoms with Crippen molar-refractivity contribution in [2.45, 2.75) is 0 Å². The molecule has 0 bridgehead atoms. The van der Waals surface area contributed by atoms with Gasteiger partial charge in [0.05, 0.1) is 0 Å². The Labute approximate surface area is 330 Å². The summed E-state index contributed by atoms with van der Waals surface area (Å²) >= 11 is 0. The molecule has 0 aliphatic rings. The summed E-state index contributed by atoms with van der Waals surface area (Å²) in [4.78, 5) is 20.4. The smallest absolute Gasteiger partial charge is 0.227 e. The van der Waals surface area contributed by atoms with Gasteiger partial charge in [-0.05, 0) is 105 Å². The van der Waals surface area contributed by atoms with Crippen molar-refractivity contribution >= 4 is 11.1 Å². The minimum Gasteiger partial charge on any atom is -0.436 e. The van der Waals surface area contributed by atoms with Gasteiger partial charge >= 0.3 is 0 Å². The van der Waals surface area contributed by atoms with E-state index in [2.05, 4.69) is 133 Å². The topological polar surface area (TPSA) is 64.7 Å². The molecule has 2 aromatic heterocycles. The molecule has 0 atom stereocenters. The summed E-state index contributed by atoms with van der Waals surface area (Å²) in [5.74, 6) is 2.30. The average Bonchev–Trinajstić information content (AvgIpc) is 3.74. The second-order valence-electron chi connectivity index (χ2n) is 13.9. The summed E-state index contributed by atoms with van der Waals surface area (Å²) in [6, 6.07) is 70.8. The Balaban J connectivity index is 1.17. The van der Waals surface area contributed by atoms with Crippen LogP contribution in [0.2, 0.25) is 0 Å². The van der Waals surface area contributed by atoms with Crippen LogP contribution in [-0.4, -0.2) is 19.9 Å². The van der Waals surface area contributed by atoms with Crippen molar-refractivity contribution < 1.29 is 4.42 Å². The van der Waals surface area contributed by atoms with Gasteiger partial charge in [-0.1, -0.05) is 146 Å². The highest BCUT2D eigenvalue weighted by molar-refractivity contribution is 5.83. The van der Waals surface area contributed by atoms with Crippen LogP contribution in [0, 0.1) is 0 Å². The zero-order valence-electron chi connectivity index (χ0n) is 30.8. The summed E-state index contributed by atoms with van der Waals surface area (Å²) in [7, 11) is 0. The quantitative estimate of drug-likeness (QED) is 0.156. The molecule has 268 valence electrons. The Kier molecular flexibility index (Phi) is 8.78. The van der Waals surface area contributed by atoms with Gasteiger partial charge in [0.1, 0.15) is 5.52 Å². The number of hydrogen-bond donors (Lipinski definition) is 0. The van der Waals surface area contributed by atoms with Crippen molar-refractivity contribution in [1.82, 2.24) is 19.9 Å². The van der Waals surface area contributed by atoms with E-state index in [0.29, 0.717) is 23.4 Å². The lowest BCUT2D eigenvalue weighted by atomic mass is 9.95. The number of para-hydroxylation sites is 2. The molecule has 0 N–H and O–H groups in total. The van der Waals surface area contributed by atoms with E-state index in [0.717, 1.165) is 77.9 Å². The monoisotopic (exact) mass is 730 g/mol. The number of rotatable bonds is 8. The van der Waals surface area contributed by atoms with E-state index in [1.165, 1.54) is 0 Å². The highest BCUT2D eigenvalue weighted by Crippen LogP contribution is 2.36. The van der Waals surface area contributed by atoms with Crippen LogP contribution in [0.25, 0.3) is 101 Å². The van der Waals surface area contributed by atoms with E-state index < -0.39 is 0 Å². The maximum atomic E-state index is 6.09. The summed E-state index contributed by atoms with van der Waals surface area (Å²) in [6.07, 6.45) is 0. The lowest BCUT2D eigenvalue weighted by Gasteiger charge is -2.14. The van der Waals surface area contributed by atoms with Crippen molar-refractivity contribution in [2.24, 2.45) is 0 Å². The van der Waals surface area contributed by atoms with Gasteiger partial charge in [-0.15, -0.1) is 0 Å².